The summed E-state index contributed by atoms with van der Waals surface area (Å²) in [5, 5.41) is 6.21. The second-order valence-corrected chi connectivity index (χ2v) is 5.30. The molecular formula is C13H23N3O2. The highest BCUT2D eigenvalue weighted by atomic mass is 16.6. The summed E-state index contributed by atoms with van der Waals surface area (Å²) in [4.78, 5) is 15.6. The molecule has 102 valence electrons. The molecule has 2 N–H and O–H groups in total. The fourth-order valence-corrected chi connectivity index (χ4v) is 1.66. The highest BCUT2D eigenvalue weighted by Gasteiger charge is 2.17. The Bertz CT molecular complexity index is 335. The van der Waals surface area contributed by atoms with Crippen molar-refractivity contribution < 1.29 is 9.53 Å². The molecular weight excluding hydrogens is 230 g/mol. The predicted molar refractivity (Wildman–Crippen MR) is 72.5 cm³/mol. The number of carbonyl (C=O) groups excluding carboxylic acids is 1. The zero-order chi connectivity index (χ0) is 13.6. The largest absolute Gasteiger partial charge is 0.459 e. The van der Waals surface area contributed by atoms with Crippen molar-refractivity contribution in [3.8, 4) is 0 Å². The Labute approximate surface area is 109 Å². The second-order valence-electron chi connectivity index (χ2n) is 5.30. The van der Waals surface area contributed by atoms with Crippen LogP contribution in [0.15, 0.2) is 17.1 Å². The van der Waals surface area contributed by atoms with Gasteiger partial charge >= 0.3 is 5.97 Å². The lowest BCUT2D eigenvalue weighted by Crippen LogP contribution is -2.45. The van der Waals surface area contributed by atoms with E-state index in [0.717, 1.165) is 12.8 Å². The summed E-state index contributed by atoms with van der Waals surface area (Å²) in [6.45, 7) is 5.67. The van der Waals surface area contributed by atoms with Gasteiger partial charge < -0.3 is 15.4 Å². The lowest BCUT2D eigenvalue weighted by atomic mass is 10.2. The topological polar surface area (TPSA) is 62.7 Å². The number of carbonyl (C=O) groups is 1. The number of nitrogens with zero attached hydrogens (tertiary/aromatic N) is 1. The molecule has 0 spiro atoms. The standard InChI is InChI=1S/C13H23N3O2/c1-13(2,3)18-11(17)9-15-12(14-4)16-10-7-5-6-8-10/h5-6,10H,7-9H2,1-4H3,(H2,14,15,16). The quantitative estimate of drug-likeness (QED) is 0.343. The third-order valence-electron chi connectivity index (χ3n) is 2.39. The van der Waals surface area contributed by atoms with Gasteiger partial charge in [-0.25, -0.2) is 0 Å². The van der Waals surface area contributed by atoms with Crippen LogP contribution in [-0.4, -0.2) is 37.2 Å². The summed E-state index contributed by atoms with van der Waals surface area (Å²) in [5.41, 5.74) is -0.453. The Morgan fingerprint density at radius 3 is 2.50 bits per heavy atom. The molecule has 0 atom stereocenters. The van der Waals surface area contributed by atoms with E-state index >= 15 is 0 Å². The first-order chi connectivity index (χ1) is 8.40. The van der Waals surface area contributed by atoms with Crippen LogP contribution in [0.5, 0.6) is 0 Å². The Hall–Kier alpha value is -1.52. The van der Waals surface area contributed by atoms with Crippen molar-refractivity contribution in [3.05, 3.63) is 12.2 Å². The normalized spacial score (nSPS) is 16.8. The van der Waals surface area contributed by atoms with Gasteiger partial charge in [0.2, 0.25) is 0 Å². The molecule has 0 fully saturated rings. The van der Waals surface area contributed by atoms with Crippen molar-refractivity contribution in [2.45, 2.75) is 45.3 Å². The zero-order valence-electron chi connectivity index (χ0n) is 11.6. The van der Waals surface area contributed by atoms with Gasteiger partial charge in [0.15, 0.2) is 5.96 Å². The molecule has 1 rings (SSSR count). The molecule has 1 aliphatic rings. The van der Waals surface area contributed by atoms with E-state index in [1.807, 2.05) is 20.8 Å². The molecule has 0 bridgehead atoms. The smallest absolute Gasteiger partial charge is 0.325 e. The van der Waals surface area contributed by atoms with E-state index in [1.165, 1.54) is 0 Å². The third kappa shape index (κ3) is 5.70. The summed E-state index contributed by atoms with van der Waals surface area (Å²) >= 11 is 0. The monoisotopic (exact) mass is 253 g/mol. The number of hydrogen-bond acceptors (Lipinski definition) is 3. The van der Waals surface area contributed by atoms with Crippen LogP contribution < -0.4 is 10.6 Å². The maximum Gasteiger partial charge on any atom is 0.325 e. The maximum atomic E-state index is 11.5. The lowest BCUT2D eigenvalue weighted by molar-refractivity contribution is -0.153. The van der Waals surface area contributed by atoms with Crippen molar-refractivity contribution in [1.82, 2.24) is 10.6 Å². The number of rotatable bonds is 3. The Morgan fingerprint density at radius 1 is 1.39 bits per heavy atom. The summed E-state index contributed by atoms with van der Waals surface area (Å²) in [6, 6.07) is 0.370. The van der Waals surface area contributed by atoms with E-state index in [0.29, 0.717) is 12.0 Å². The molecule has 0 unspecified atom stereocenters. The Morgan fingerprint density at radius 2 is 2.00 bits per heavy atom. The summed E-state index contributed by atoms with van der Waals surface area (Å²) in [7, 11) is 1.69. The van der Waals surface area contributed by atoms with E-state index in [1.54, 1.807) is 7.05 Å². The minimum atomic E-state index is -0.453. The SMILES string of the molecule is CN=C(NCC(=O)OC(C)(C)C)NC1CC=CC1. The average molecular weight is 253 g/mol. The number of nitrogens with one attached hydrogen (secondary N) is 2. The van der Waals surface area contributed by atoms with Crippen LogP contribution in [0.2, 0.25) is 0 Å². The van der Waals surface area contributed by atoms with Crippen LogP contribution in [0.25, 0.3) is 0 Å². The van der Waals surface area contributed by atoms with Crippen molar-refractivity contribution in [2.75, 3.05) is 13.6 Å². The van der Waals surface area contributed by atoms with Gasteiger partial charge in [-0.1, -0.05) is 12.2 Å². The summed E-state index contributed by atoms with van der Waals surface area (Å²) in [5.74, 6) is 0.351. The van der Waals surface area contributed by atoms with Gasteiger partial charge in [0.25, 0.3) is 0 Å². The Balaban J connectivity index is 2.29. The molecule has 0 aromatic carbocycles. The van der Waals surface area contributed by atoms with Crippen molar-refractivity contribution in [1.29, 1.82) is 0 Å². The average Bonchev–Trinajstić information content (AvgIpc) is 2.74. The molecule has 0 aliphatic heterocycles. The van der Waals surface area contributed by atoms with Gasteiger partial charge in [-0.3, -0.25) is 9.79 Å². The molecule has 0 radical (unpaired) electrons. The Kier molecular flexibility index (Phi) is 5.19. The second kappa shape index (κ2) is 6.42. The van der Waals surface area contributed by atoms with Crippen molar-refractivity contribution in [3.63, 3.8) is 0 Å². The maximum absolute atomic E-state index is 11.5. The highest BCUT2D eigenvalue weighted by molar-refractivity contribution is 5.84. The fraction of sp³-hybridized carbons (Fsp3) is 0.692. The van der Waals surface area contributed by atoms with Gasteiger partial charge in [0, 0.05) is 13.1 Å². The number of hydrogen-bond donors (Lipinski definition) is 2. The zero-order valence-corrected chi connectivity index (χ0v) is 11.6. The molecule has 5 nitrogen and oxygen atoms in total. The van der Waals surface area contributed by atoms with Gasteiger partial charge in [0.05, 0.1) is 0 Å². The van der Waals surface area contributed by atoms with Crippen LogP contribution in [0.4, 0.5) is 0 Å². The van der Waals surface area contributed by atoms with Gasteiger partial charge in [-0.2, -0.15) is 0 Å². The van der Waals surface area contributed by atoms with Gasteiger partial charge in [-0.15, -0.1) is 0 Å². The van der Waals surface area contributed by atoms with Gasteiger partial charge in [0.1, 0.15) is 12.1 Å². The first kappa shape index (κ1) is 14.5. The van der Waals surface area contributed by atoms with E-state index in [9.17, 15) is 4.79 Å². The molecule has 0 heterocycles. The van der Waals surface area contributed by atoms with Crippen LogP contribution in [-0.2, 0) is 9.53 Å². The van der Waals surface area contributed by atoms with Crippen LogP contribution >= 0.6 is 0 Å². The predicted octanol–water partition coefficient (Wildman–Crippen LogP) is 1.21. The molecule has 5 heteroatoms. The first-order valence-corrected chi connectivity index (χ1v) is 6.25. The minimum Gasteiger partial charge on any atom is -0.459 e. The fourth-order valence-electron chi connectivity index (χ4n) is 1.66. The molecule has 1 aliphatic carbocycles. The van der Waals surface area contributed by atoms with Crippen LogP contribution in [0.1, 0.15) is 33.6 Å². The van der Waals surface area contributed by atoms with E-state index < -0.39 is 5.60 Å². The molecule has 0 aromatic heterocycles. The third-order valence-corrected chi connectivity index (χ3v) is 2.39. The van der Waals surface area contributed by atoms with Crippen molar-refractivity contribution in [2.24, 2.45) is 4.99 Å². The molecule has 0 saturated heterocycles. The summed E-state index contributed by atoms with van der Waals surface area (Å²) < 4.78 is 5.21. The van der Waals surface area contributed by atoms with E-state index in [2.05, 4.69) is 27.8 Å². The lowest BCUT2D eigenvalue weighted by Gasteiger charge is -2.21. The van der Waals surface area contributed by atoms with Gasteiger partial charge in [-0.05, 0) is 33.6 Å². The van der Waals surface area contributed by atoms with Crippen LogP contribution in [0.3, 0.4) is 0 Å². The molecule has 0 aromatic rings. The number of aliphatic imine (C=N–C) groups is 1. The minimum absolute atomic E-state index is 0.122. The van der Waals surface area contributed by atoms with E-state index in [-0.39, 0.29) is 12.5 Å². The summed E-state index contributed by atoms with van der Waals surface area (Å²) in [6.07, 6.45) is 6.26. The van der Waals surface area contributed by atoms with E-state index in [4.69, 9.17) is 4.74 Å². The number of guanidine groups is 1. The number of esters is 1. The van der Waals surface area contributed by atoms with Crippen molar-refractivity contribution >= 4 is 11.9 Å². The van der Waals surface area contributed by atoms with Crippen LogP contribution in [0, 0.1) is 0 Å². The molecule has 0 amide bonds. The highest BCUT2D eigenvalue weighted by Crippen LogP contribution is 2.08. The number of ether oxygens (including phenoxy) is 1. The molecule has 0 saturated carbocycles. The first-order valence-electron chi connectivity index (χ1n) is 6.25. The molecule has 18 heavy (non-hydrogen) atoms.